The van der Waals surface area contributed by atoms with Crippen LogP contribution in [0.5, 0.6) is 0 Å². The summed E-state index contributed by atoms with van der Waals surface area (Å²) < 4.78 is 0. The number of nitrogens with two attached hydrogens (primary N) is 1. The van der Waals surface area contributed by atoms with Crippen molar-refractivity contribution in [2.75, 3.05) is 6.54 Å². The Labute approximate surface area is 128 Å². The predicted octanol–water partition coefficient (Wildman–Crippen LogP) is 2.87. The molecule has 3 N–H and O–H groups in total. The Bertz CT molecular complexity index is 321. The minimum absolute atomic E-state index is 0. The Morgan fingerprint density at radius 1 is 1.20 bits per heavy atom. The zero-order valence-electron chi connectivity index (χ0n) is 12.6. The molecule has 4 heteroatoms. The van der Waals surface area contributed by atoms with Gasteiger partial charge in [0, 0.05) is 19.0 Å². The van der Waals surface area contributed by atoms with E-state index in [0.717, 1.165) is 37.1 Å². The zero-order valence-corrected chi connectivity index (χ0v) is 13.4. The smallest absolute Gasteiger partial charge is 0.220 e. The number of hydrogen-bond donors (Lipinski definition) is 2. The van der Waals surface area contributed by atoms with Crippen LogP contribution >= 0.6 is 12.4 Å². The fourth-order valence-electron chi connectivity index (χ4n) is 5.35. The molecule has 4 aliphatic rings. The first-order valence-corrected chi connectivity index (χ1v) is 8.07. The third-order valence-corrected chi connectivity index (χ3v) is 5.62. The molecule has 1 amide bonds. The van der Waals surface area contributed by atoms with Gasteiger partial charge in [0.1, 0.15) is 0 Å². The van der Waals surface area contributed by atoms with Gasteiger partial charge in [-0.3, -0.25) is 4.79 Å². The van der Waals surface area contributed by atoms with E-state index >= 15 is 0 Å². The van der Waals surface area contributed by atoms with Crippen LogP contribution in [0.4, 0.5) is 0 Å². The van der Waals surface area contributed by atoms with Crippen LogP contribution in [0.25, 0.3) is 0 Å². The summed E-state index contributed by atoms with van der Waals surface area (Å²) in [6, 6.07) is 0.180. The van der Waals surface area contributed by atoms with Gasteiger partial charge in [0.25, 0.3) is 0 Å². The second-order valence-electron chi connectivity index (χ2n) is 7.71. The lowest BCUT2D eigenvalue weighted by atomic mass is 9.49. The van der Waals surface area contributed by atoms with Crippen LogP contribution in [-0.4, -0.2) is 18.5 Å². The van der Waals surface area contributed by atoms with Crippen LogP contribution in [0.3, 0.4) is 0 Å². The second-order valence-corrected chi connectivity index (χ2v) is 7.71. The van der Waals surface area contributed by atoms with Crippen LogP contribution in [0.15, 0.2) is 0 Å². The van der Waals surface area contributed by atoms with Crippen molar-refractivity contribution in [3.05, 3.63) is 0 Å². The van der Waals surface area contributed by atoms with Gasteiger partial charge in [-0.25, -0.2) is 0 Å². The lowest BCUT2D eigenvalue weighted by Crippen LogP contribution is -2.48. The SMILES string of the molecule is CC(N)CCNC(=O)CC12CC3CC(CC(C3)C1)C2.Cl. The van der Waals surface area contributed by atoms with E-state index in [9.17, 15) is 4.79 Å². The van der Waals surface area contributed by atoms with Gasteiger partial charge in [-0.2, -0.15) is 0 Å². The standard InChI is InChI=1S/C16H28N2O.ClH/c1-11(17)2-3-18-15(19)10-16-7-12-4-13(8-16)6-14(5-12)9-16;/h11-14H,2-10,17H2,1H3,(H,18,19);1H. The minimum Gasteiger partial charge on any atom is -0.356 e. The van der Waals surface area contributed by atoms with Crippen molar-refractivity contribution in [1.29, 1.82) is 0 Å². The van der Waals surface area contributed by atoms with Gasteiger partial charge in [0.2, 0.25) is 5.91 Å². The molecular formula is C16H29ClN2O. The summed E-state index contributed by atoms with van der Waals surface area (Å²) in [5.74, 6) is 3.07. The molecule has 0 aromatic rings. The summed E-state index contributed by atoms with van der Waals surface area (Å²) in [7, 11) is 0. The Morgan fingerprint density at radius 3 is 2.15 bits per heavy atom. The summed E-state index contributed by atoms with van der Waals surface area (Å²) in [5.41, 5.74) is 6.08. The molecule has 0 radical (unpaired) electrons. The molecule has 4 aliphatic carbocycles. The molecular weight excluding hydrogens is 272 g/mol. The summed E-state index contributed by atoms with van der Waals surface area (Å²) in [6.07, 6.45) is 9.96. The summed E-state index contributed by atoms with van der Waals surface area (Å²) >= 11 is 0. The van der Waals surface area contributed by atoms with E-state index in [1.54, 1.807) is 0 Å². The zero-order chi connectivity index (χ0) is 13.5. The van der Waals surface area contributed by atoms with Crippen molar-refractivity contribution >= 4 is 18.3 Å². The molecule has 4 saturated carbocycles. The molecule has 4 rings (SSSR count). The molecule has 0 saturated heterocycles. The number of carbonyl (C=O) groups excluding carboxylic acids is 1. The molecule has 0 spiro atoms. The maximum atomic E-state index is 12.2. The summed E-state index contributed by atoms with van der Waals surface area (Å²) in [4.78, 5) is 12.2. The maximum absolute atomic E-state index is 12.2. The van der Waals surface area contributed by atoms with Gasteiger partial charge in [0.15, 0.2) is 0 Å². The largest absolute Gasteiger partial charge is 0.356 e. The number of halogens is 1. The maximum Gasteiger partial charge on any atom is 0.220 e. The number of carbonyl (C=O) groups is 1. The fourth-order valence-corrected chi connectivity index (χ4v) is 5.35. The highest BCUT2D eigenvalue weighted by Gasteiger charge is 2.51. The molecule has 0 aromatic heterocycles. The van der Waals surface area contributed by atoms with E-state index < -0.39 is 0 Å². The van der Waals surface area contributed by atoms with Crippen molar-refractivity contribution in [1.82, 2.24) is 5.32 Å². The molecule has 4 fully saturated rings. The van der Waals surface area contributed by atoms with Gasteiger partial charge < -0.3 is 11.1 Å². The number of amides is 1. The topological polar surface area (TPSA) is 55.1 Å². The normalized spacial score (nSPS) is 39.2. The lowest BCUT2D eigenvalue weighted by molar-refractivity contribution is -0.129. The van der Waals surface area contributed by atoms with Crippen molar-refractivity contribution in [2.24, 2.45) is 28.9 Å². The van der Waals surface area contributed by atoms with E-state index in [4.69, 9.17) is 5.73 Å². The van der Waals surface area contributed by atoms with Crippen LogP contribution in [0.2, 0.25) is 0 Å². The van der Waals surface area contributed by atoms with E-state index in [1.165, 1.54) is 38.5 Å². The highest BCUT2D eigenvalue weighted by molar-refractivity contribution is 5.85. The van der Waals surface area contributed by atoms with E-state index in [1.807, 2.05) is 6.92 Å². The molecule has 1 atom stereocenters. The van der Waals surface area contributed by atoms with Crippen LogP contribution < -0.4 is 11.1 Å². The van der Waals surface area contributed by atoms with Gasteiger partial charge in [-0.1, -0.05) is 0 Å². The Kier molecular flexibility index (Phi) is 5.01. The Balaban J connectivity index is 0.00000147. The molecule has 4 bridgehead atoms. The summed E-state index contributed by atoms with van der Waals surface area (Å²) in [5, 5.41) is 3.07. The van der Waals surface area contributed by atoms with E-state index in [-0.39, 0.29) is 24.4 Å². The quantitative estimate of drug-likeness (QED) is 0.820. The van der Waals surface area contributed by atoms with Gasteiger partial charge in [0.05, 0.1) is 0 Å². The highest BCUT2D eigenvalue weighted by atomic mass is 35.5. The third-order valence-electron chi connectivity index (χ3n) is 5.62. The first-order chi connectivity index (χ1) is 9.05. The monoisotopic (exact) mass is 300 g/mol. The van der Waals surface area contributed by atoms with Crippen LogP contribution in [0, 0.1) is 23.2 Å². The first-order valence-electron chi connectivity index (χ1n) is 8.07. The van der Waals surface area contributed by atoms with Crippen molar-refractivity contribution in [2.45, 2.75) is 64.3 Å². The molecule has 20 heavy (non-hydrogen) atoms. The number of hydrogen-bond acceptors (Lipinski definition) is 2. The van der Waals surface area contributed by atoms with E-state index in [2.05, 4.69) is 5.32 Å². The highest BCUT2D eigenvalue weighted by Crippen LogP contribution is 2.61. The Hall–Kier alpha value is -0.280. The second kappa shape index (κ2) is 6.23. The van der Waals surface area contributed by atoms with Gasteiger partial charge in [-0.05, 0) is 75.0 Å². The van der Waals surface area contributed by atoms with Crippen LogP contribution in [-0.2, 0) is 4.79 Å². The molecule has 0 aromatic carbocycles. The Morgan fingerprint density at radius 2 is 1.70 bits per heavy atom. The molecule has 0 aliphatic heterocycles. The van der Waals surface area contributed by atoms with Crippen molar-refractivity contribution in [3.8, 4) is 0 Å². The fraction of sp³-hybridized carbons (Fsp3) is 0.938. The third kappa shape index (κ3) is 3.48. The number of nitrogens with one attached hydrogen (secondary N) is 1. The molecule has 1 unspecified atom stereocenters. The number of rotatable bonds is 5. The minimum atomic E-state index is 0. The average molecular weight is 301 g/mol. The molecule has 116 valence electrons. The van der Waals surface area contributed by atoms with Gasteiger partial charge >= 0.3 is 0 Å². The molecule has 3 nitrogen and oxygen atoms in total. The van der Waals surface area contributed by atoms with Crippen LogP contribution in [0.1, 0.15) is 58.3 Å². The summed E-state index contributed by atoms with van der Waals surface area (Å²) in [6.45, 7) is 2.73. The van der Waals surface area contributed by atoms with E-state index in [0.29, 0.717) is 5.41 Å². The van der Waals surface area contributed by atoms with Crippen molar-refractivity contribution < 1.29 is 4.79 Å². The van der Waals surface area contributed by atoms with Gasteiger partial charge in [-0.15, -0.1) is 12.4 Å². The molecule has 0 heterocycles. The predicted molar refractivity (Wildman–Crippen MR) is 83.7 cm³/mol. The average Bonchev–Trinajstić information content (AvgIpc) is 2.25. The van der Waals surface area contributed by atoms with Crippen molar-refractivity contribution in [3.63, 3.8) is 0 Å². The lowest BCUT2D eigenvalue weighted by Gasteiger charge is -2.56. The first kappa shape index (κ1) is 16.1.